The van der Waals surface area contributed by atoms with Crippen molar-refractivity contribution in [2.45, 2.75) is 45.6 Å². The molecule has 2 rings (SSSR count). The number of hydrogen-bond donors (Lipinski definition) is 1. The van der Waals surface area contributed by atoms with E-state index in [0.29, 0.717) is 36.4 Å². The molecule has 25 heavy (non-hydrogen) atoms. The molecule has 1 N–H and O–H groups in total. The van der Waals surface area contributed by atoms with Gasteiger partial charge in [0, 0.05) is 12.6 Å². The van der Waals surface area contributed by atoms with Gasteiger partial charge < -0.3 is 14.8 Å². The summed E-state index contributed by atoms with van der Waals surface area (Å²) in [6.07, 6.45) is 4.21. The number of piperidine rings is 1. The number of methoxy groups -OCH3 is 2. The van der Waals surface area contributed by atoms with E-state index >= 15 is 0 Å². The third-order valence-electron chi connectivity index (χ3n) is 4.95. The highest BCUT2D eigenvalue weighted by atomic mass is 16.5. The Kier molecular flexibility index (Phi) is 7.56. The van der Waals surface area contributed by atoms with Crippen molar-refractivity contribution in [3.8, 4) is 11.5 Å². The molecule has 0 spiro atoms. The van der Waals surface area contributed by atoms with Crippen molar-refractivity contribution < 1.29 is 14.3 Å². The van der Waals surface area contributed by atoms with E-state index in [9.17, 15) is 4.79 Å². The van der Waals surface area contributed by atoms with Crippen LogP contribution in [0.1, 0.15) is 38.7 Å². The zero-order chi connectivity index (χ0) is 18.2. The van der Waals surface area contributed by atoms with Crippen molar-refractivity contribution in [1.29, 1.82) is 0 Å². The lowest BCUT2D eigenvalue weighted by Gasteiger charge is -2.37. The van der Waals surface area contributed by atoms with Crippen molar-refractivity contribution in [2.24, 2.45) is 5.92 Å². The third kappa shape index (κ3) is 5.63. The first-order valence-electron chi connectivity index (χ1n) is 9.26. The van der Waals surface area contributed by atoms with Crippen LogP contribution in [0.4, 0.5) is 0 Å². The fourth-order valence-electron chi connectivity index (χ4n) is 3.49. The maximum atomic E-state index is 12.4. The maximum Gasteiger partial charge on any atom is 0.224 e. The molecule has 0 aromatic heterocycles. The van der Waals surface area contributed by atoms with Gasteiger partial charge in [-0.3, -0.25) is 9.69 Å². The van der Waals surface area contributed by atoms with E-state index in [0.717, 1.165) is 18.7 Å². The zero-order valence-corrected chi connectivity index (χ0v) is 16.0. The summed E-state index contributed by atoms with van der Waals surface area (Å²) < 4.78 is 10.5. The molecule has 140 valence electrons. The second kappa shape index (κ2) is 9.66. The predicted octanol–water partition coefficient (Wildman–Crippen LogP) is 2.87. The summed E-state index contributed by atoms with van der Waals surface area (Å²) in [4.78, 5) is 14.9. The van der Waals surface area contributed by atoms with Gasteiger partial charge in [0.15, 0.2) is 11.5 Å². The quantitative estimate of drug-likeness (QED) is 0.785. The van der Waals surface area contributed by atoms with Gasteiger partial charge in [-0.25, -0.2) is 0 Å². The minimum absolute atomic E-state index is 0.0508. The number of rotatable bonds is 8. The molecule has 1 aromatic carbocycles. The number of amides is 1. The molecule has 0 radical (unpaired) electrons. The molecule has 5 heteroatoms. The lowest BCUT2D eigenvalue weighted by atomic mass is 9.99. The SMILES string of the molecule is COc1ccc(CC(=O)NCC(C(C)C)N2CCCCC2)cc1OC. The van der Waals surface area contributed by atoms with Crippen molar-refractivity contribution >= 4 is 5.91 Å². The van der Waals surface area contributed by atoms with Gasteiger partial charge in [-0.2, -0.15) is 0 Å². The van der Waals surface area contributed by atoms with Crippen LogP contribution in [-0.4, -0.2) is 50.7 Å². The Hall–Kier alpha value is -1.75. The summed E-state index contributed by atoms with van der Waals surface area (Å²) in [7, 11) is 3.21. The Morgan fingerprint density at radius 1 is 1.12 bits per heavy atom. The Labute approximate surface area is 151 Å². The van der Waals surface area contributed by atoms with Crippen LogP contribution in [0.3, 0.4) is 0 Å². The summed E-state index contributed by atoms with van der Waals surface area (Å²) in [6, 6.07) is 6.02. The monoisotopic (exact) mass is 348 g/mol. The van der Waals surface area contributed by atoms with Crippen LogP contribution >= 0.6 is 0 Å². The van der Waals surface area contributed by atoms with Crippen LogP contribution in [0.5, 0.6) is 11.5 Å². The van der Waals surface area contributed by atoms with E-state index in [4.69, 9.17) is 9.47 Å². The van der Waals surface area contributed by atoms with Crippen LogP contribution in [-0.2, 0) is 11.2 Å². The Bertz CT molecular complexity index is 554. The summed E-state index contributed by atoms with van der Waals surface area (Å²) in [6.45, 7) is 7.48. The Morgan fingerprint density at radius 2 is 1.80 bits per heavy atom. The highest BCUT2D eigenvalue weighted by Crippen LogP contribution is 2.27. The fraction of sp³-hybridized carbons (Fsp3) is 0.650. The lowest BCUT2D eigenvalue weighted by Crippen LogP contribution is -2.49. The van der Waals surface area contributed by atoms with Gasteiger partial charge in [0.05, 0.1) is 20.6 Å². The molecule has 1 fully saturated rings. The van der Waals surface area contributed by atoms with Gasteiger partial charge in [0.1, 0.15) is 0 Å². The largest absolute Gasteiger partial charge is 0.493 e. The van der Waals surface area contributed by atoms with Gasteiger partial charge in [0.25, 0.3) is 0 Å². The average molecular weight is 348 g/mol. The molecule has 0 aliphatic carbocycles. The molecule has 1 atom stereocenters. The molecule has 0 saturated carbocycles. The first kappa shape index (κ1) is 19.6. The topological polar surface area (TPSA) is 50.8 Å². The maximum absolute atomic E-state index is 12.4. The molecule has 5 nitrogen and oxygen atoms in total. The van der Waals surface area contributed by atoms with Crippen LogP contribution < -0.4 is 14.8 Å². The summed E-state index contributed by atoms with van der Waals surface area (Å²) in [5.74, 6) is 1.91. The van der Waals surface area contributed by atoms with Gasteiger partial charge >= 0.3 is 0 Å². The normalized spacial score (nSPS) is 16.5. The van der Waals surface area contributed by atoms with E-state index in [1.807, 2.05) is 18.2 Å². The minimum Gasteiger partial charge on any atom is -0.493 e. The minimum atomic E-state index is 0.0508. The van der Waals surface area contributed by atoms with Gasteiger partial charge in [-0.1, -0.05) is 26.3 Å². The molecule has 1 heterocycles. The standard InChI is InChI=1S/C20H32N2O3/c1-15(2)17(22-10-6-5-7-11-22)14-21-20(23)13-16-8-9-18(24-3)19(12-16)25-4/h8-9,12,15,17H,5-7,10-11,13-14H2,1-4H3,(H,21,23). The molecule has 1 saturated heterocycles. The number of benzene rings is 1. The van der Waals surface area contributed by atoms with E-state index in [-0.39, 0.29) is 5.91 Å². The second-order valence-electron chi connectivity index (χ2n) is 7.08. The number of nitrogens with one attached hydrogen (secondary N) is 1. The summed E-state index contributed by atoms with van der Waals surface area (Å²) in [5, 5.41) is 3.12. The smallest absolute Gasteiger partial charge is 0.224 e. The summed E-state index contributed by atoms with van der Waals surface area (Å²) >= 11 is 0. The number of hydrogen-bond acceptors (Lipinski definition) is 4. The van der Waals surface area contributed by atoms with Gasteiger partial charge in [-0.15, -0.1) is 0 Å². The molecular weight excluding hydrogens is 316 g/mol. The van der Waals surface area contributed by atoms with E-state index in [1.54, 1.807) is 14.2 Å². The number of likely N-dealkylation sites (tertiary alicyclic amines) is 1. The predicted molar refractivity (Wildman–Crippen MR) is 100 cm³/mol. The van der Waals surface area contributed by atoms with Crippen LogP contribution in [0.25, 0.3) is 0 Å². The molecule has 1 aliphatic rings. The highest BCUT2D eigenvalue weighted by Gasteiger charge is 2.23. The lowest BCUT2D eigenvalue weighted by molar-refractivity contribution is -0.120. The number of carbonyl (C=O) groups is 1. The van der Waals surface area contributed by atoms with E-state index in [2.05, 4.69) is 24.1 Å². The van der Waals surface area contributed by atoms with Crippen LogP contribution in [0, 0.1) is 5.92 Å². The summed E-state index contributed by atoms with van der Waals surface area (Å²) in [5.41, 5.74) is 0.925. The zero-order valence-electron chi connectivity index (χ0n) is 16.0. The van der Waals surface area contributed by atoms with Crippen LogP contribution in [0.2, 0.25) is 0 Å². The van der Waals surface area contributed by atoms with Gasteiger partial charge in [0.2, 0.25) is 5.91 Å². The molecular formula is C20H32N2O3. The van der Waals surface area contributed by atoms with Crippen LogP contribution in [0.15, 0.2) is 18.2 Å². The van der Waals surface area contributed by atoms with Crippen molar-refractivity contribution in [3.05, 3.63) is 23.8 Å². The third-order valence-corrected chi connectivity index (χ3v) is 4.95. The number of nitrogens with zero attached hydrogens (tertiary/aromatic N) is 1. The van der Waals surface area contributed by atoms with Gasteiger partial charge in [-0.05, 0) is 49.5 Å². The molecule has 1 amide bonds. The van der Waals surface area contributed by atoms with E-state index < -0.39 is 0 Å². The molecule has 1 aromatic rings. The number of carbonyl (C=O) groups excluding carboxylic acids is 1. The highest BCUT2D eigenvalue weighted by molar-refractivity contribution is 5.78. The molecule has 1 unspecified atom stereocenters. The van der Waals surface area contributed by atoms with E-state index in [1.165, 1.54) is 19.3 Å². The fourth-order valence-corrected chi connectivity index (χ4v) is 3.49. The van der Waals surface area contributed by atoms with Crippen molar-refractivity contribution in [1.82, 2.24) is 10.2 Å². The first-order chi connectivity index (χ1) is 12.0. The average Bonchev–Trinajstić information content (AvgIpc) is 2.62. The Balaban J connectivity index is 1.90. The molecule has 1 aliphatic heterocycles. The first-order valence-corrected chi connectivity index (χ1v) is 9.26. The molecule has 0 bridgehead atoms. The van der Waals surface area contributed by atoms with Crippen molar-refractivity contribution in [2.75, 3.05) is 33.9 Å². The number of ether oxygens (including phenoxy) is 2. The second-order valence-corrected chi connectivity index (χ2v) is 7.08. The van der Waals surface area contributed by atoms with Crippen molar-refractivity contribution in [3.63, 3.8) is 0 Å². The Morgan fingerprint density at radius 3 is 2.40 bits per heavy atom.